The van der Waals surface area contributed by atoms with E-state index >= 15 is 0 Å². The number of carbonyl (C=O) groups is 4. The highest BCUT2D eigenvalue weighted by Crippen LogP contribution is 2.35. The first-order valence-corrected chi connectivity index (χ1v) is 14.6. The largest absolute Gasteiger partial charge is 0.467 e. The highest BCUT2D eigenvalue weighted by Gasteiger charge is 2.43. The first kappa shape index (κ1) is 28.5. The molecule has 7 rings (SSSR count). The maximum Gasteiger partial charge on any atom is 0.328 e. The van der Waals surface area contributed by atoms with E-state index in [1.54, 1.807) is 0 Å². The van der Waals surface area contributed by atoms with Gasteiger partial charge in [-0.2, -0.15) is 0 Å². The Labute approximate surface area is 236 Å². The fourth-order valence-corrected chi connectivity index (χ4v) is 7.31. The molecule has 0 aromatic heterocycles. The van der Waals surface area contributed by atoms with Gasteiger partial charge in [0.2, 0.25) is 11.8 Å². The summed E-state index contributed by atoms with van der Waals surface area (Å²) in [6, 6.07) is 6.02. The van der Waals surface area contributed by atoms with Gasteiger partial charge in [-0.3, -0.25) is 9.59 Å². The molecule has 0 aliphatic carbocycles. The number of ether oxygens (including phenoxy) is 2. The van der Waals surface area contributed by atoms with Gasteiger partial charge in [-0.1, -0.05) is 24.3 Å². The maximum absolute atomic E-state index is 12.9. The number of esters is 2. The molecule has 6 aliphatic rings. The molecule has 2 N–H and O–H groups in total. The Morgan fingerprint density at radius 2 is 1.05 bits per heavy atom. The van der Waals surface area contributed by atoms with E-state index in [2.05, 4.69) is 20.4 Å². The van der Waals surface area contributed by atoms with E-state index in [4.69, 9.17) is 9.47 Å². The van der Waals surface area contributed by atoms with Crippen molar-refractivity contribution in [1.82, 2.24) is 20.4 Å². The molecule has 6 saturated heterocycles. The molecular weight excluding hydrogens is 512 g/mol. The molecule has 4 atom stereocenters. The fourth-order valence-electron chi connectivity index (χ4n) is 7.31. The van der Waals surface area contributed by atoms with E-state index in [0.717, 1.165) is 76.1 Å². The minimum atomic E-state index is -0.646. The summed E-state index contributed by atoms with van der Waals surface area (Å²) in [5.74, 6) is -0.265. The van der Waals surface area contributed by atoms with Crippen molar-refractivity contribution >= 4 is 23.8 Å². The second-order valence-electron chi connectivity index (χ2n) is 11.9. The molecule has 0 spiro atoms. The Balaban J connectivity index is 1.15. The van der Waals surface area contributed by atoms with Crippen LogP contribution in [0.2, 0.25) is 0 Å². The average Bonchev–Trinajstić information content (AvgIpc) is 3.00. The number of rotatable bonds is 10. The molecule has 0 radical (unpaired) electrons. The molecular formula is C30H42N4O6. The zero-order chi connectivity index (χ0) is 28.2. The number of piperidine rings is 6. The average molecular weight is 555 g/mol. The predicted octanol–water partition coefficient (Wildman–Crippen LogP) is 0.771. The minimum absolute atomic E-state index is 0.0644. The van der Waals surface area contributed by atoms with Crippen molar-refractivity contribution in [3.05, 3.63) is 35.4 Å². The molecule has 218 valence electrons. The Kier molecular flexibility index (Phi) is 9.05. The van der Waals surface area contributed by atoms with E-state index in [0.29, 0.717) is 11.8 Å². The van der Waals surface area contributed by atoms with E-state index in [-0.39, 0.29) is 36.5 Å². The van der Waals surface area contributed by atoms with Gasteiger partial charge in [-0.25, -0.2) is 9.59 Å². The summed E-state index contributed by atoms with van der Waals surface area (Å²) >= 11 is 0. The predicted molar refractivity (Wildman–Crippen MR) is 147 cm³/mol. The summed E-state index contributed by atoms with van der Waals surface area (Å²) < 4.78 is 10.1. The highest BCUT2D eigenvalue weighted by molar-refractivity contribution is 5.87. The van der Waals surface area contributed by atoms with Crippen LogP contribution in [0.15, 0.2) is 24.3 Å². The molecule has 1 aromatic rings. The summed E-state index contributed by atoms with van der Waals surface area (Å²) in [6.07, 6.45) is 4.44. The van der Waals surface area contributed by atoms with Crippen molar-refractivity contribution in [3.63, 3.8) is 0 Å². The van der Waals surface area contributed by atoms with Gasteiger partial charge >= 0.3 is 11.9 Å². The third-order valence-electron chi connectivity index (χ3n) is 9.57. The van der Waals surface area contributed by atoms with Crippen LogP contribution >= 0.6 is 0 Å². The highest BCUT2D eigenvalue weighted by atomic mass is 16.5. The Hall–Kier alpha value is -2.98. The molecule has 6 fully saturated rings. The van der Waals surface area contributed by atoms with Crippen LogP contribution < -0.4 is 10.6 Å². The molecule has 10 heteroatoms. The first-order chi connectivity index (χ1) is 19.3. The van der Waals surface area contributed by atoms with Crippen LogP contribution in [0, 0.1) is 23.7 Å². The smallest absolute Gasteiger partial charge is 0.328 e. The van der Waals surface area contributed by atoms with Crippen LogP contribution in [0.3, 0.4) is 0 Å². The summed E-state index contributed by atoms with van der Waals surface area (Å²) in [4.78, 5) is 55.7. The lowest BCUT2D eigenvalue weighted by Gasteiger charge is -2.46. The standard InChI is InChI=1S/C30H42N4O6/c1-39-29(37)27(23-17-33-11-7-21(23)8-12-33)31-25(35)15-19-3-5-20(6-4-19)16-26(36)32-28(30(38)40-2)24-18-34-13-9-22(24)10-14-34/h3-6,21-24,27-28H,7-18H2,1-2H3,(H,31,35)(H,32,36)/t23-,24-,27?,28?/m0/s1. The number of hydrogen-bond acceptors (Lipinski definition) is 8. The normalized spacial score (nSPS) is 30.1. The van der Waals surface area contributed by atoms with Crippen molar-refractivity contribution in [2.75, 3.05) is 53.5 Å². The summed E-state index contributed by atoms with van der Waals surface area (Å²) in [7, 11) is 2.73. The Morgan fingerprint density at radius 3 is 1.32 bits per heavy atom. The third-order valence-corrected chi connectivity index (χ3v) is 9.57. The van der Waals surface area contributed by atoms with Crippen LogP contribution in [0.5, 0.6) is 0 Å². The number of fused-ring (bicyclic) bond motifs is 6. The monoisotopic (exact) mass is 554 g/mol. The molecule has 1 aromatic carbocycles. The number of amides is 2. The van der Waals surface area contributed by atoms with Crippen molar-refractivity contribution < 1.29 is 28.7 Å². The van der Waals surface area contributed by atoms with Crippen LogP contribution in [-0.4, -0.2) is 99.1 Å². The lowest BCUT2D eigenvalue weighted by Crippen LogP contribution is -2.58. The number of carbonyl (C=O) groups excluding carboxylic acids is 4. The molecule has 10 nitrogen and oxygen atoms in total. The maximum atomic E-state index is 12.9. The van der Waals surface area contributed by atoms with Crippen LogP contribution in [0.4, 0.5) is 0 Å². The minimum Gasteiger partial charge on any atom is -0.467 e. The van der Waals surface area contributed by atoms with E-state index in [9.17, 15) is 19.2 Å². The third kappa shape index (κ3) is 6.49. The zero-order valence-corrected chi connectivity index (χ0v) is 23.6. The van der Waals surface area contributed by atoms with Gasteiger partial charge < -0.3 is 29.9 Å². The fraction of sp³-hybridized carbons (Fsp3) is 0.667. The van der Waals surface area contributed by atoms with Crippen LogP contribution in [-0.2, 0) is 41.5 Å². The van der Waals surface area contributed by atoms with Gasteiger partial charge in [-0.15, -0.1) is 0 Å². The van der Waals surface area contributed by atoms with Crippen molar-refractivity contribution in [2.45, 2.75) is 50.6 Å². The molecule has 0 saturated carbocycles. The lowest BCUT2D eigenvalue weighted by atomic mass is 9.75. The number of hydrogen-bond donors (Lipinski definition) is 2. The van der Waals surface area contributed by atoms with Crippen molar-refractivity contribution in [2.24, 2.45) is 23.7 Å². The summed E-state index contributed by atoms with van der Waals surface area (Å²) in [6.45, 7) is 5.82. The molecule has 2 amide bonds. The Morgan fingerprint density at radius 1 is 0.700 bits per heavy atom. The van der Waals surface area contributed by atoms with E-state index in [1.807, 2.05) is 24.3 Å². The molecule has 40 heavy (non-hydrogen) atoms. The van der Waals surface area contributed by atoms with Crippen LogP contribution in [0.1, 0.15) is 36.8 Å². The van der Waals surface area contributed by atoms with Gasteiger partial charge in [0.1, 0.15) is 12.1 Å². The van der Waals surface area contributed by atoms with Crippen molar-refractivity contribution in [1.29, 1.82) is 0 Å². The number of nitrogens with one attached hydrogen (secondary N) is 2. The first-order valence-electron chi connectivity index (χ1n) is 14.6. The summed E-state index contributed by atoms with van der Waals surface area (Å²) in [5, 5.41) is 5.89. The lowest BCUT2D eigenvalue weighted by molar-refractivity contribution is -0.149. The summed E-state index contributed by atoms with van der Waals surface area (Å²) in [5.41, 5.74) is 1.58. The molecule has 6 aliphatic heterocycles. The van der Waals surface area contributed by atoms with Crippen LogP contribution in [0.25, 0.3) is 0 Å². The van der Waals surface area contributed by atoms with E-state index < -0.39 is 24.0 Å². The zero-order valence-electron chi connectivity index (χ0n) is 23.6. The molecule has 6 heterocycles. The number of nitrogens with zero attached hydrogens (tertiary/aromatic N) is 2. The van der Waals surface area contributed by atoms with E-state index in [1.165, 1.54) is 14.2 Å². The topological polar surface area (TPSA) is 117 Å². The number of benzene rings is 1. The van der Waals surface area contributed by atoms with Gasteiger partial charge in [0.15, 0.2) is 0 Å². The van der Waals surface area contributed by atoms with Crippen molar-refractivity contribution in [3.8, 4) is 0 Å². The molecule has 2 unspecified atom stereocenters. The van der Waals surface area contributed by atoms with Gasteiger partial charge in [-0.05, 0) is 74.8 Å². The SMILES string of the molecule is COC(=O)C(NC(=O)Cc1ccc(CC(=O)NC(C(=O)OC)[C@H]2CN3CCC2CC3)cc1)[C@H]1CN2CCC1CC2. The quantitative estimate of drug-likeness (QED) is 0.408. The molecule has 4 bridgehead atoms. The second-order valence-corrected chi connectivity index (χ2v) is 11.9. The van der Waals surface area contributed by atoms with Gasteiger partial charge in [0, 0.05) is 24.9 Å². The Bertz CT molecular complexity index is 993. The number of methoxy groups -OCH3 is 2. The van der Waals surface area contributed by atoms with Gasteiger partial charge in [0.25, 0.3) is 0 Å². The van der Waals surface area contributed by atoms with Gasteiger partial charge in [0.05, 0.1) is 27.1 Å². The second kappa shape index (κ2) is 12.7.